The summed E-state index contributed by atoms with van der Waals surface area (Å²) in [6.07, 6.45) is 3.07. The summed E-state index contributed by atoms with van der Waals surface area (Å²) in [5, 5.41) is 4.17. The average Bonchev–Trinajstić information content (AvgIpc) is 3.21. The van der Waals surface area contributed by atoms with Gasteiger partial charge in [-0.2, -0.15) is 0 Å². The Morgan fingerprint density at radius 3 is 2.70 bits per heavy atom. The summed E-state index contributed by atoms with van der Waals surface area (Å²) in [6, 6.07) is 8.17. The van der Waals surface area contributed by atoms with E-state index in [0.29, 0.717) is 13.0 Å². The summed E-state index contributed by atoms with van der Waals surface area (Å²) in [5.74, 6) is 0.395. The number of nitrogens with one attached hydrogen (secondary N) is 1. The first-order chi connectivity index (χ1) is 14.5. The Balaban J connectivity index is 1.33. The number of carbonyl (C=O) groups is 2. The lowest BCUT2D eigenvalue weighted by atomic mass is 9.90. The second-order valence-electron chi connectivity index (χ2n) is 8.17. The molecule has 2 heterocycles. The molecule has 0 spiro atoms. The normalized spacial score (nSPS) is 18.8. The molecule has 0 bridgehead atoms. The molecular formula is C23H30N4O2S. The van der Waals surface area contributed by atoms with E-state index in [2.05, 4.69) is 29.3 Å². The third kappa shape index (κ3) is 4.51. The van der Waals surface area contributed by atoms with Crippen molar-refractivity contribution in [3.8, 4) is 0 Å². The molecule has 30 heavy (non-hydrogen) atoms. The number of hydrogen-bond acceptors (Lipinski definition) is 5. The van der Waals surface area contributed by atoms with Gasteiger partial charge in [0, 0.05) is 49.9 Å². The van der Waals surface area contributed by atoms with E-state index in [1.54, 1.807) is 11.3 Å². The highest BCUT2D eigenvalue weighted by Crippen LogP contribution is 2.34. The molecule has 6 nitrogen and oxygen atoms in total. The highest BCUT2D eigenvalue weighted by Gasteiger charge is 2.29. The molecule has 1 saturated heterocycles. The Bertz CT molecular complexity index is 918. The van der Waals surface area contributed by atoms with E-state index < -0.39 is 0 Å². The quantitative estimate of drug-likeness (QED) is 0.798. The molecule has 1 aromatic carbocycles. The molecule has 4 rings (SSSR count). The van der Waals surface area contributed by atoms with Crippen molar-refractivity contribution >= 4 is 28.3 Å². The van der Waals surface area contributed by atoms with Crippen molar-refractivity contribution in [1.29, 1.82) is 0 Å². The van der Waals surface area contributed by atoms with Crippen molar-refractivity contribution < 1.29 is 9.59 Å². The van der Waals surface area contributed by atoms with Crippen molar-refractivity contribution in [3.63, 3.8) is 0 Å². The van der Waals surface area contributed by atoms with Crippen LogP contribution in [0.4, 0.5) is 5.13 Å². The number of amides is 2. The van der Waals surface area contributed by atoms with Gasteiger partial charge < -0.3 is 15.1 Å². The molecule has 1 aromatic heterocycles. The minimum atomic E-state index is 0.0221. The smallest absolute Gasteiger partial charge is 0.223 e. The molecule has 0 radical (unpaired) electrons. The lowest BCUT2D eigenvalue weighted by molar-refractivity contribution is -0.131. The minimum absolute atomic E-state index is 0.0221. The SMILES string of the molecule is CCC(=O)N1CCN(c2nc3c(s2)C[C@@H](C(=O)NCc2ccccc2C)CC3)CC1. The zero-order valence-electron chi connectivity index (χ0n) is 17.8. The number of piperazine rings is 1. The molecule has 160 valence electrons. The van der Waals surface area contributed by atoms with Gasteiger partial charge in [-0.15, -0.1) is 11.3 Å². The number of aryl methyl sites for hydroxylation is 2. The first-order valence-corrected chi connectivity index (χ1v) is 11.7. The van der Waals surface area contributed by atoms with Gasteiger partial charge in [-0.05, 0) is 37.3 Å². The van der Waals surface area contributed by atoms with E-state index in [4.69, 9.17) is 4.98 Å². The maximum absolute atomic E-state index is 12.8. The van der Waals surface area contributed by atoms with Crippen molar-refractivity contribution in [1.82, 2.24) is 15.2 Å². The summed E-state index contributed by atoms with van der Waals surface area (Å²) in [6.45, 7) is 7.77. The molecule has 0 unspecified atom stereocenters. The van der Waals surface area contributed by atoms with Crippen LogP contribution in [0.5, 0.6) is 0 Å². The van der Waals surface area contributed by atoms with Gasteiger partial charge in [0.25, 0.3) is 0 Å². The zero-order valence-corrected chi connectivity index (χ0v) is 18.6. The van der Waals surface area contributed by atoms with Crippen LogP contribution in [0.1, 0.15) is 41.5 Å². The van der Waals surface area contributed by atoms with Gasteiger partial charge in [0.2, 0.25) is 11.8 Å². The molecule has 2 amide bonds. The van der Waals surface area contributed by atoms with E-state index in [9.17, 15) is 9.59 Å². The highest BCUT2D eigenvalue weighted by atomic mass is 32.1. The van der Waals surface area contributed by atoms with E-state index in [1.807, 2.05) is 24.0 Å². The molecule has 0 saturated carbocycles. The van der Waals surface area contributed by atoms with Crippen LogP contribution in [0.25, 0.3) is 0 Å². The average molecular weight is 427 g/mol. The lowest BCUT2D eigenvalue weighted by Gasteiger charge is -2.34. The Hall–Kier alpha value is -2.41. The lowest BCUT2D eigenvalue weighted by Crippen LogP contribution is -2.48. The molecule has 2 aromatic rings. The number of benzene rings is 1. The fourth-order valence-corrected chi connectivity index (χ4v) is 5.46. The van der Waals surface area contributed by atoms with E-state index in [1.165, 1.54) is 16.0 Å². The fraction of sp³-hybridized carbons (Fsp3) is 0.522. The van der Waals surface area contributed by atoms with Crippen molar-refractivity contribution in [2.24, 2.45) is 5.92 Å². The molecule has 1 aliphatic heterocycles. The topological polar surface area (TPSA) is 65.5 Å². The maximum Gasteiger partial charge on any atom is 0.223 e. The van der Waals surface area contributed by atoms with Crippen LogP contribution in [-0.4, -0.2) is 47.9 Å². The number of fused-ring (bicyclic) bond motifs is 1. The number of thiazole rings is 1. The number of rotatable bonds is 5. The largest absolute Gasteiger partial charge is 0.352 e. The van der Waals surface area contributed by atoms with E-state index in [0.717, 1.165) is 56.3 Å². The monoisotopic (exact) mass is 426 g/mol. The number of carbonyl (C=O) groups excluding carboxylic acids is 2. The second kappa shape index (κ2) is 9.16. The minimum Gasteiger partial charge on any atom is -0.352 e. The van der Waals surface area contributed by atoms with E-state index >= 15 is 0 Å². The predicted octanol–water partition coefficient (Wildman–Crippen LogP) is 2.93. The van der Waals surface area contributed by atoms with Gasteiger partial charge in [0.05, 0.1) is 5.69 Å². The summed E-state index contributed by atoms with van der Waals surface area (Å²) < 4.78 is 0. The Morgan fingerprint density at radius 2 is 1.97 bits per heavy atom. The molecule has 7 heteroatoms. The first-order valence-electron chi connectivity index (χ1n) is 10.9. The molecule has 1 aliphatic carbocycles. The standard InChI is InChI=1S/C23H30N4O2S/c1-3-21(28)26-10-12-27(13-11-26)23-25-19-9-8-17(14-20(19)30-23)22(29)24-15-18-7-5-4-6-16(18)2/h4-7,17H,3,8-15H2,1-2H3,(H,24,29)/t17-/m0/s1. The number of anilines is 1. The predicted molar refractivity (Wildman–Crippen MR) is 120 cm³/mol. The molecule has 2 aliphatic rings. The van der Waals surface area contributed by atoms with Crippen LogP contribution in [0.15, 0.2) is 24.3 Å². The van der Waals surface area contributed by atoms with Gasteiger partial charge in [0.15, 0.2) is 5.13 Å². The second-order valence-corrected chi connectivity index (χ2v) is 9.23. The van der Waals surface area contributed by atoms with Gasteiger partial charge in [-0.3, -0.25) is 9.59 Å². The van der Waals surface area contributed by atoms with Crippen LogP contribution < -0.4 is 10.2 Å². The molecular weight excluding hydrogens is 396 g/mol. The van der Waals surface area contributed by atoms with E-state index in [-0.39, 0.29) is 17.7 Å². The van der Waals surface area contributed by atoms with Crippen molar-refractivity contribution in [2.75, 3.05) is 31.1 Å². The van der Waals surface area contributed by atoms with Gasteiger partial charge in [0.1, 0.15) is 0 Å². The molecule has 1 fully saturated rings. The van der Waals surface area contributed by atoms with Crippen LogP contribution in [-0.2, 0) is 29.0 Å². The van der Waals surface area contributed by atoms with Crippen LogP contribution in [0.2, 0.25) is 0 Å². The third-order valence-electron chi connectivity index (χ3n) is 6.22. The van der Waals surface area contributed by atoms with Gasteiger partial charge >= 0.3 is 0 Å². The molecule has 1 atom stereocenters. The van der Waals surface area contributed by atoms with Crippen molar-refractivity contribution in [2.45, 2.75) is 46.1 Å². The zero-order chi connectivity index (χ0) is 21.1. The summed E-state index contributed by atoms with van der Waals surface area (Å²) in [5.41, 5.74) is 3.53. The summed E-state index contributed by atoms with van der Waals surface area (Å²) >= 11 is 1.73. The Kier molecular flexibility index (Phi) is 6.37. The van der Waals surface area contributed by atoms with Crippen LogP contribution in [0.3, 0.4) is 0 Å². The first kappa shape index (κ1) is 20.8. The third-order valence-corrected chi connectivity index (χ3v) is 7.40. The van der Waals surface area contributed by atoms with Crippen LogP contribution >= 0.6 is 11.3 Å². The number of aromatic nitrogens is 1. The Morgan fingerprint density at radius 1 is 1.20 bits per heavy atom. The molecule has 1 N–H and O–H groups in total. The van der Waals surface area contributed by atoms with Crippen molar-refractivity contribution in [3.05, 3.63) is 46.0 Å². The van der Waals surface area contributed by atoms with Gasteiger partial charge in [-0.1, -0.05) is 31.2 Å². The summed E-state index contributed by atoms with van der Waals surface area (Å²) in [4.78, 5) is 35.0. The summed E-state index contributed by atoms with van der Waals surface area (Å²) in [7, 11) is 0. The highest BCUT2D eigenvalue weighted by molar-refractivity contribution is 7.15. The number of nitrogens with zero attached hydrogens (tertiary/aromatic N) is 3. The van der Waals surface area contributed by atoms with Gasteiger partial charge in [-0.25, -0.2) is 4.98 Å². The maximum atomic E-state index is 12.8. The number of hydrogen-bond donors (Lipinski definition) is 1. The fourth-order valence-electron chi connectivity index (χ4n) is 4.23. The van der Waals surface area contributed by atoms with Crippen LogP contribution in [0, 0.1) is 12.8 Å². The Labute approximate surface area is 182 Å².